The van der Waals surface area contributed by atoms with Crippen LogP contribution < -0.4 is 5.32 Å². The quantitative estimate of drug-likeness (QED) is 0.834. The first-order valence-corrected chi connectivity index (χ1v) is 6.81. The van der Waals surface area contributed by atoms with Gasteiger partial charge in [0.15, 0.2) is 5.82 Å². The van der Waals surface area contributed by atoms with Gasteiger partial charge in [0.05, 0.1) is 0 Å². The Morgan fingerprint density at radius 1 is 1.37 bits per heavy atom. The van der Waals surface area contributed by atoms with E-state index in [9.17, 15) is 0 Å². The lowest BCUT2D eigenvalue weighted by atomic mass is 10.1. The number of nitrogens with zero attached hydrogens (tertiary/aromatic N) is 4. The predicted octanol–water partition coefficient (Wildman–Crippen LogP) is 1.86. The van der Waals surface area contributed by atoms with Crippen LogP contribution in [-0.2, 0) is 13.5 Å². The highest BCUT2D eigenvalue weighted by molar-refractivity contribution is 5.48. The Morgan fingerprint density at radius 3 is 3.00 bits per heavy atom. The van der Waals surface area contributed by atoms with Gasteiger partial charge in [-0.05, 0) is 32.4 Å². The molecule has 1 unspecified atom stereocenters. The van der Waals surface area contributed by atoms with Crippen LogP contribution in [0.5, 0.6) is 0 Å². The lowest BCUT2D eigenvalue weighted by molar-refractivity contribution is 0.532. The van der Waals surface area contributed by atoms with Gasteiger partial charge < -0.3 is 5.32 Å². The second-order valence-electron chi connectivity index (χ2n) is 5.06. The van der Waals surface area contributed by atoms with E-state index in [-0.39, 0.29) is 0 Å². The average molecular weight is 257 g/mol. The molecule has 3 rings (SSSR count). The van der Waals surface area contributed by atoms with E-state index in [4.69, 9.17) is 4.98 Å². The first-order valence-electron chi connectivity index (χ1n) is 6.81. The van der Waals surface area contributed by atoms with Gasteiger partial charge in [-0.1, -0.05) is 6.42 Å². The molecule has 1 aliphatic rings. The number of nitrogens with one attached hydrogen (secondary N) is 1. The zero-order valence-corrected chi connectivity index (χ0v) is 11.4. The van der Waals surface area contributed by atoms with Crippen LogP contribution in [0, 0.1) is 0 Å². The summed E-state index contributed by atoms with van der Waals surface area (Å²) >= 11 is 0. The molecule has 2 heterocycles. The number of fused-ring (bicyclic) bond motifs is 1. The van der Waals surface area contributed by atoms with Crippen LogP contribution in [0.1, 0.15) is 36.6 Å². The maximum atomic E-state index is 4.73. The van der Waals surface area contributed by atoms with Gasteiger partial charge in [0, 0.05) is 36.7 Å². The molecule has 100 valence electrons. The van der Waals surface area contributed by atoms with E-state index in [0.717, 1.165) is 24.4 Å². The Balaban J connectivity index is 2.01. The zero-order valence-electron chi connectivity index (χ0n) is 11.4. The fourth-order valence-electron chi connectivity index (χ4n) is 2.67. The van der Waals surface area contributed by atoms with Crippen molar-refractivity contribution in [3.8, 4) is 11.5 Å². The SMILES string of the molecule is CNC1CCCCc2nc(-c3ccn(C)n3)ncc21. The molecular formula is C14H19N5. The molecule has 1 atom stereocenters. The molecule has 0 bridgehead atoms. The van der Waals surface area contributed by atoms with Gasteiger partial charge in [0.25, 0.3) is 0 Å². The van der Waals surface area contributed by atoms with Crippen LogP contribution >= 0.6 is 0 Å². The molecule has 2 aromatic heterocycles. The second-order valence-corrected chi connectivity index (χ2v) is 5.06. The third kappa shape index (κ3) is 2.38. The van der Waals surface area contributed by atoms with Gasteiger partial charge in [0.1, 0.15) is 5.69 Å². The van der Waals surface area contributed by atoms with E-state index in [1.165, 1.54) is 24.1 Å². The van der Waals surface area contributed by atoms with E-state index < -0.39 is 0 Å². The molecule has 5 heteroatoms. The standard InChI is InChI=1S/C14H19N5/c1-15-11-5-3-4-6-12-10(11)9-16-14(17-12)13-7-8-19(2)18-13/h7-9,11,15H,3-6H2,1-2H3. The third-order valence-corrected chi connectivity index (χ3v) is 3.72. The zero-order chi connectivity index (χ0) is 13.2. The molecule has 1 N–H and O–H groups in total. The van der Waals surface area contributed by atoms with Crippen molar-refractivity contribution in [1.29, 1.82) is 0 Å². The molecule has 0 saturated heterocycles. The molecule has 1 aliphatic carbocycles. The second kappa shape index (κ2) is 5.09. The summed E-state index contributed by atoms with van der Waals surface area (Å²) in [6.07, 6.45) is 8.52. The number of aryl methyl sites for hydroxylation is 2. The Labute approximate surface area is 113 Å². The lowest BCUT2D eigenvalue weighted by Gasteiger charge is -2.15. The Morgan fingerprint density at radius 2 is 2.26 bits per heavy atom. The highest BCUT2D eigenvalue weighted by Gasteiger charge is 2.19. The molecule has 0 fully saturated rings. The summed E-state index contributed by atoms with van der Waals surface area (Å²) in [5.74, 6) is 0.733. The first-order chi connectivity index (χ1) is 9.28. The molecule has 2 aromatic rings. The molecule has 0 spiro atoms. The largest absolute Gasteiger partial charge is 0.313 e. The van der Waals surface area contributed by atoms with Gasteiger partial charge in [-0.3, -0.25) is 4.68 Å². The summed E-state index contributed by atoms with van der Waals surface area (Å²) in [5.41, 5.74) is 3.27. The lowest BCUT2D eigenvalue weighted by Crippen LogP contribution is -2.17. The van der Waals surface area contributed by atoms with Crippen molar-refractivity contribution >= 4 is 0 Å². The predicted molar refractivity (Wildman–Crippen MR) is 73.6 cm³/mol. The number of hydrogen-bond donors (Lipinski definition) is 1. The summed E-state index contributed by atoms with van der Waals surface area (Å²) in [4.78, 5) is 9.22. The van der Waals surface area contributed by atoms with Crippen LogP contribution in [-0.4, -0.2) is 26.8 Å². The summed E-state index contributed by atoms with van der Waals surface area (Å²) < 4.78 is 1.78. The van der Waals surface area contributed by atoms with Crippen molar-refractivity contribution < 1.29 is 0 Å². The Kier molecular flexibility index (Phi) is 3.29. The van der Waals surface area contributed by atoms with Gasteiger partial charge >= 0.3 is 0 Å². The van der Waals surface area contributed by atoms with E-state index in [0.29, 0.717) is 6.04 Å². The highest BCUT2D eigenvalue weighted by Crippen LogP contribution is 2.27. The summed E-state index contributed by atoms with van der Waals surface area (Å²) in [5, 5.41) is 7.73. The van der Waals surface area contributed by atoms with Gasteiger partial charge in [0.2, 0.25) is 0 Å². The average Bonchev–Trinajstić information content (AvgIpc) is 2.75. The number of rotatable bonds is 2. The van der Waals surface area contributed by atoms with Crippen molar-refractivity contribution in [3.63, 3.8) is 0 Å². The Bertz CT molecular complexity index is 575. The third-order valence-electron chi connectivity index (χ3n) is 3.72. The van der Waals surface area contributed by atoms with Crippen LogP contribution in [0.25, 0.3) is 11.5 Å². The van der Waals surface area contributed by atoms with E-state index in [1.54, 1.807) is 4.68 Å². The molecule has 0 amide bonds. The number of hydrogen-bond acceptors (Lipinski definition) is 4. The smallest absolute Gasteiger partial charge is 0.180 e. The van der Waals surface area contributed by atoms with Crippen molar-refractivity contribution in [3.05, 3.63) is 29.7 Å². The van der Waals surface area contributed by atoms with Crippen molar-refractivity contribution in [2.75, 3.05) is 7.05 Å². The summed E-state index contributed by atoms with van der Waals surface area (Å²) in [6.45, 7) is 0. The Hall–Kier alpha value is -1.75. The van der Waals surface area contributed by atoms with Crippen LogP contribution in [0.3, 0.4) is 0 Å². The molecule has 19 heavy (non-hydrogen) atoms. The minimum atomic E-state index is 0.385. The number of aromatic nitrogens is 4. The van der Waals surface area contributed by atoms with Crippen molar-refractivity contribution in [2.24, 2.45) is 7.05 Å². The summed E-state index contributed by atoms with van der Waals surface area (Å²) in [7, 11) is 3.91. The van der Waals surface area contributed by atoms with Crippen LogP contribution in [0.4, 0.5) is 0 Å². The minimum Gasteiger partial charge on any atom is -0.313 e. The van der Waals surface area contributed by atoms with Gasteiger partial charge in [-0.15, -0.1) is 0 Å². The van der Waals surface area contributed by atoms with E-state index >= 15 is 0 Å². The maximum absolute atomic E-state index is 4.73. The van der Waals surface area contributed by atoms with Crippen molar-refractivity contribution in [1.82, 2.24) is 25.1 Å². The summed E-state index contributed by atoms with van der Waals surface area (Å²) in [6, 6.07) is 2.34. The topological polar surface area (TPSA) is 55.6 Å². The van der Waals surface area contributed by atoms with Gasteiger partial charge in [-0.2, -0.15) is 5.10 Å². The molecular weight excluding hydrogens is 238 g/mol. The van der Waals surface area contributed by atoms with Gasteiger partial charge in [-0.25, -0.2) is 9.97 Å². The molecule has 5 nitrogen and oxygen atoms in total. The fourth-order valence-corrected chi connectivity index (χ4v) is 2.67. The van der Waals surface area contributed by atoms with E-state index in [2.05, 4.69) is 15.4 Å². The fraction of sp³-hybridized carbons (Fsp3) is 0.500. The monoisotopic (exact) mass is 257 g/mol. The minimum absolute atomic E-state index is 0.385. The molecule has 0 saturated carbocycles. The normalized spacial score (nSPS) is 18.9. The first kappa shape index (κ1) is 12.3. The molecule has 0 aromatic carbocycles. The van der Waals surface area contributed by atoms with Crippen LogP contribution in [0.15, 0.2) is 18.5 Å². The van der Waals surface area contributed by atoms with Crippen molar-refractivity contribution in [2.45, 2.75) is 31.7 Å². The van der Waals surface area contributed by atoms with Crippen LogP contribution in [0.2, 0.25) is 0 Å². The highest BCUT2D eigenvalue weighted by atomic mass is 15.3. The molecule has 0 aliphatic heterocycles. The maximum Gasteiger partial charge on any atom is 0.180 e. The van der Waals surface area contributed by atoms with E-state index in [1.807, 2.05) is 32.6 Å². The molecule has 0 radical (unpaired) electrons.